The van der Waals surface area contributed by atoms with E-state index in [0.717, 1.165) is 36.8 Å². The number of nitrogens with one attached hydrogen (secondary N) is 3. The third kappa shape index (κ3) is 6.81. The van der Waals surface area contributed by atoms with Crippen LogP contribution in [0, 0.1) is 5.92 Å². The number of amides is 1. The van der Waals surface area contributed by atoms with Gasteiger partial charge in [-0.3, -0.25) is 4.79 Å². The lowest BCUT2D eigenvalue weighted by Gasteiger charge is -2.28. The summed E-state index contributed by atoms with van der Waals surface area (Å²) in [5.41, 5.74) is 3.72. The predicted molar refractivity (Wildman–Crippen MR) is 146 cm³/mol. The molecular weight excluding hydrogens is 467 g/mol. The molecule has 1 amide bonds. The molecule has 2 aromatic carbocycles. The van der Waals surface area contributed by atoms with Crippen molar-refractivity contribution in [2.24, 2.45) is 5.92 Å². The van der Waals surface area contributed by atoms with E-state index in [1.165, 1.54) is 5.56 Å². The zero-order valence-corrected chi connectivity index (χ0v) is 22.1. The van der Waals surface area contributed by atoms with Crippen molar-refractivity contribution in [2.45, 2.75) is 71.1 Å². The molecule has 3 aromatic rings. The molecule has 1 heterocycles. The fourth-order valence-electron chi connectivity index (χ4n) is 4.67. The van der Waals surface area contributed by atoms with Crippen molar-refractivity contribution in [1.29, 1.82) is 0 Å². The summed E-state index contributed by atoms with van der Waals surface area (Å²) in [4.78, 5) is 26.5. The van der Waals surface area contributed by atoms with Gasteiger partial charge in [-0.2, -0.15) is 15.0 Å². The van der Waals surface area contributed by atoms with Gasteiger partial charge in [-0.25, -0.2) is 4.39 Å². The number of hydrogen-bond donors (Lipinski definition) is 3. The lowest BCUT2D eigenvalue weighted by atomic mass is 9.85. The number of alkyl halides is 1. The minimum absolute atomic E-state index is 0.0331. The average molecular weight is 505 g/mol. The van der Waals surface area contributed by atoms with Crippen molar-refractivity contribution in [3.05, 3.63) is 65.2 Å². The van der Waals surface area contributed by atoms with Crippen LogP contribution in [0.4, 0.5) is 16.3 Å². The van der Waals surface area contributed by atoms with Crippen molar-refractivity contribution in [2.75, 3.05) is 17.7 Å². The quantitative estimate of drug-likeness (QED) is 0.368. The number of benzene rings is 2. The van der Waals surface area contributed by atoms with Crippen LogP contribution in [0.2, 0.25) is 0 Å². The zero-order valence-electron chi connectivity index (χ0n) is 22.1. The summed E-state index contributed by atoms with van der Waals surface area (Å²) in [6.07, 6.45) is 3.24. The maximum Gasteiger partial charge on any atom is 0.228 e. The summed E-state index contributed by atoms with van der Waals surface area (Å²) in [6.45, 7) is 6.40. The Hall–Kier alpha value is -3.55. The highest BCUT2D eigenvalue weighted by Crippen LogP contribution is 2.28. The van der Waals surface area contributed by atoms with Crippen LogP contribution in [0.1, 0.15) is 63.1 Å². The SMILES string of the molecule is CNc1nc(NC2CCC(C(=O)NCc3ccccc3CF)CC2)nc(-c2ccc(C(C)(C)C)cc2)n1. The van der Waals surface area contributed by atoms with Crippen molar-refractivity contribution < 1.29 is 9.18 Å². The minimum Gasteiger partial charge on any atom is -0.357 e. The van der Waals surface area contributed by atoms with Crippen LogP contribution in [-0.4, -0.2) is 33.9 Å². The first kappa shape index (κ1) is 26.5. The molecule has 1 aliphatic rings. The highest BCUT2D eigenvalue weighted by molar-refractivity contribution is 5.78. The topological polar surface area (TPSA) is 91.8 Å². The van der Waals surface area contributed by atoms with Crippen molar-refractivity contribution >= 4 is 17.8 Å². The molecule has 0 radical (unpaired) electrons. The Kier molecular flexibility index (Phi) is 8.36. The first-order chi connectivity index (χ1) is 17.8. The molecule has 4 rings (SSSR count). The van der Waals surface area contributed by atoms with E-state index in [1.807, 2.05) is 18.2 Å². The molecule has 0 saturated heterocycles. The standard InChI is InChI=1S/C29H37FN6O/c1-29(2,3)23-13-9-19(10-14-23)25-34-27(31-4)36-28(35-25)33-24-15-11-20(12-16-24)26(37)32-18-22-8-6-5-7-21(22)17-30/h5-10,13-14,20,24H,11-12,15-18H2,1-4H3,(H,32,37)(H2,31,33,34,35,36). The third-order valence-corrected chi connectivity index (χ3v) is 7.01. The van der Waals surface area contributed by atoms with Gasteiger partial charge in [0, 0.05) is 31.1 Å². The molecule has 0 atom stereocenters. The number of carbonyl (C=O) groups excluding carboxylic acids is 1. The van der Waals surface area contributed by atoms with Gasteiger partial charge in [-0.15, -0.1) is 0 Å². The highest BCUT2D eigenvalue weighted by Gasteiger charge is 2.27. The predicted octanol–water partition coefficient (Wildman–Crippen LogP) is 5.63. The first-order valence-electron chi connectivity index (χ1n) is 13.0. The second-order valence-corrected chi connectivity index (χ2v) is 10.7. The van der Waals surface area contributed by atoms with Gasteiger partial charge in [0.25, 0.3) is 0 Å². The van der Waals surface area contributed by atoms with Crippen molar-refractivity contribution in [1.82, 2.24) is 20.3 Å². The monoisotopic (exact) mass is 504 g/mol. The van der Waals surface area contributed by atoms with Gasteiger partial charge in [-0.1, -0.05) is 69.3 Å². The molecule has 1 aromatic heterocycles. The van der Waals surface area contributed by atoms with E-state index in [4.69, 9.17) is 0 Å². The molecule has 8 heteroatoms. The Labute approximate surface area is 218 Å². The molecule has 1 aliphatic carbocycles. The highest BCUT2D eigenvalue weighted by atomic mass is 19.1. The van der Waals surface area contributed by atoms with Gasteiger partial charge in [0.1, 0.15) is 6.67 Å². The van der Waals surface area contributed by atoms with Gasteiger partial charge in [-0.05, 0) is 47.8 Å². The number of halogens is 1. The van der Waals surface area contributed by atoms with Crippen LogP contribution in [0.3, 0.4) is 0 Å². The third-order valence-electron chi connectivity index (χ3n) is 7.01. The fourth-order valence-corrected chi connectivity index (χ4v) is 4.67. The number of rotatable bonds is 8. The van der Waals surface area contributed by atoms with Crippen LogP contribution in [0.5, 0.6) is 0 Å². The molecule has 0 aliphatic heterocycles. The first-order valence-corrected chi connectivity index (χ1v) is 13.0. The van der Waals surface area contributed by atoms with Gasteiger partial charge in [0.05, 0.1) is 0 Å². The van der Waals surface area contributed by atoms with Gasteiger partial charge in [0.2, 0.25) is 17.8 Å². The van der Waals surface area contributed by atoms with E-state index in [9.17, 15) is 9.18 Å². The van der Waals surface area contributed by atoms with Gasteiger partial charge >= 0.3 is 0 Å². The lowest BCUT2D eigenvalue weighted by molar-refractivity contribution is -0.126. The molecule has 7 nitrogen and oxygen atoms in total. The average Bonchev–Trinajstić information content (AvgIpc) is 2.91. The summed E-state index contributed by atoms with van der Waals surface area (Å²) < 4.78 is 13.2. The van der Waals surface area contributed by atoms with Crippen LogP contribution >= 0.6 is 0 Å². The van der Waals surface area contributed by atoms with Gasteiger partial charge in [0.15, 0.2) is 5.82 Å². The Balaban J connectivity index is 1.35. The largest absolute Gasteiger partial charge is 0.357 e. The second-order valence-electron chi connectivity index (χ2n) is 10.7. The lowest BCUT2D eigenvalue weighted by Crippen LogP contribution is -2.36. The maximum atomic E-state index is 13.2. The zero-order chi connectivity index (χ0) is 26.4. The molecule has 0 spiro atoms. The van der Waals surface area contributed by atoms with Crippen molar-refractivity contribution in [3.8, 4) is 11.4 Å². The summed E-state index contributed by atoms with van der Waals surface area (Å²) in [5.74, 6) is 1.65. The van der Waals surface area contributed by atoms with E-state index >= 15 is 0 Å². The van der Waals surface area contributed by atoms with Gasteiger partial charge < -0.3 is 16.0 Å². The molecule has 1 saturated carbocycles. The molecular formula is C29H37FN6O. The van der Waals surface area contributed by atoms with E-state index < -0.39 is 6.67 Å². The molecule has 1 fully saturated rings. The number of hydrogen-bond acceptors (Lipinski definition) is 6. The molecule has 196 valence electrons. The van der Waals surface area contributed by atoms with E-state index in [-0.39, 0.29) is 23.3 Å². The van der Waals surface area contributed by atoms with Crippen LogP contribution < -0.4 is 16.0 Å². The summed E-state index contributed by atoms with van der Waals surface area (Å²) in [5, 5.41) is 9.48. The fraction of sp³-hybridized carbons (Fsp3) is 0.448. The maximum absolute atomic E-state index is 13.2. The number of aromatic nitrogens is 3. The molecule has 0 unspecified atom stereocenters. The summed E-state index contributed by atoms with van der Waals surface area (Å²) in [6, 6.07) is 15.8. The Bertz CT molecular complexity index is 1200. The van der Waals surface area contributed by atoms with Crippen LogP contribution in [-0.2, 0) is 23.4 Å². The van der Waals surface area contributed by atoms with E-state index in [1.54, 1.807) is 13.1 Å². The second kappa shape index (κ2) is 11.7. The van der Waals surface area contributed by atoms with Crippen LogP contribution in [0.15, 0.2) is 48.5 Å². The smallest absolute Gasteiger partial charge is 0.228 e. The Morgan fingerprint density at radius 3 is 2.19 bits per heavy atom. The molecule has 0 bridgehead atoms. The number of anilines is 2. The van der Waals surface area contributed by atoms with Crippen LogP contribution in [0.25, 0.3) is 11.4 Å². The molecule has 37 heavy (non-hydrogen) atoms. The molecule has 3 N–H and O–H groups in total. The minimum atomic E-state index is -0.529. The summed E-state index contributed by atoms with van der Waals surface area (Å²) in [7, 11) is 1.79. The number of nitrogens with zero attached hydrogens (tertiary/aromatic N) is 3. The van der Waals surface area contributed by atoms with Crippen molar-refractivity contribution in [3.63, 3.8) is 0 Å². The van der Waals surface area contributed by atoms with E-state index in [2.05, 4.69) is 75.9 Å². The Morgan fingerprint density at radius 1 is 0.919 bits per heavy atom. The normalized spacial score (nSPS) is 17.8. The Morgan fingerprint density at radius 2 is 1.57 bits per heavy atom. The number of carbonyl (C=O) groups is 1. The van der Waals surface area contributed by atoms with E-state index in [0.29, 0.717) is 29.8 Å². The summed E-state index contributed by atoms with van der Waals surface area (Å²) >= 11 is 0.